The summed E-state index contributed by atoms with van der Waals surface area (Å²) in [6.45, 7) is 0.267. The zero-order valence-electron chi connectivity index (χ0n) is 10.2. The Hall–Kier alpha value is -1.44. The second-order valence-corrected chi connectivity index (χ2v) is 6.90. The van der Waals surface area contributed by atoms with Crippen molar-refractivity contribution in [1.82, 2.24) is 4.31 Å². The predicted octanol–water partition coefficient (Wildman–Crippen LogP) is 2.29. The fraction of sp³-hybridized carbons (Fsp3) is 0.167. The Morgan fingerprint density at radius 3 is 2.68 bits per heavy atom. The molecule has 2 N–H and O–H groups in total. The smallest absolute Gasteiger partial charge is 0.243 e. The molecule has 19 heavy (non-hydrogen) atoms. The summed E-state index contributed by atoms with van der Waals surface area (Å²) in [4.78, 5) is -0.0101. The number of nitrogens with two attached hydrogens (primary N) is 1. The van der Waals surface area contributed by atoms with Crippen molar-refractivity contribution in [2.45, 2.75) is 11.4 Å². The van der Waals surface area contributed by atoms with Gasteiger partial charge in [0.25, 0.3) is 0 Å². The summed E-state index contributed by atoms with van der Waals surface area (Å²) in [7, 11) is -2.18. The van der Waals surface area contributed by atoms with Gasteiger partial charge < -0.3 is 5.73 Å². The van der Waals surface area contributed by atoms with Crippen molar-refractivity contribution >= 4 is 27.0 Å². The van der Waals surface area contributed by atoms with Gasteiger partial charge in [0.15, 0.2) is 0 Å². The lowest BCUT2D eigenvalue weighted by molar-refractivity contribution is 0.467. The minimum absolute atomic E-state index is 0.0101. The van der Waals surface area contributed by atoms with Gasteiger partial charge in [-0.05, 0) is 40.6 Å². The third kappa shape index (κ3) is 2.94. The molecule has 0 aliphatic heterocycles. The third-order valence-corrected chi connectivity index (χ3v) is 5.19. The van der Waals surface area contributed by atoms with Crippen LogP contribution >= 0.6 is 11.3 Å². The second-order valence-electron chi connectivity index (χ2n) is 4.08. The van der Waals surface area contributed by atoms with Crippen molar-refractivity contribution in [3.8, 4) is 0 Å². The van der Waals surface area contributed by atoms with Crippen molar-refractivity contribution in [2.24, 2.45) is 0 Å². The van der Waals surface area contributed by atoms with Crippen LogP contribution in [0.4, 0.5) is 10.1 Å². The molecule has 0 aliphatic rings. The zero-order valence-corrected chi connectivity index (χ0v) is 11.8. The molecule has 0 unspecified atom stereocenters. The number of hydrogen-bond donors (Lipinski definition) is 1. The maximum Gasteiger partial charge on any atom is 0.243 e. The first-order valence-corrected chi connectivity index (χ1v) is 7.82. The first-order valence-electron chi connectivity index (χ1n) is 5.43. The van der Waals surface area contributed by atoms with Gasteiger partial charge in [0, 0.05) is 13.6 Å². The van der Waals surface area contributed by atoms with Crippen LogP contribution < -0.4 is 5.73 Å². The van der Waals surface area contributed by atoms with Gasteiger partial charge in [-0.15, -0.1) is 0 Å². The highest BCUT2D eigenvalue weighted by atomic mass is 32.2. The molecule has 2 rings (SSSR count). The normalized spacial score (nSPS) is 11.9. The third-order valence-electron chi connectivity index (χ3n) is 2.66. The van der Waals surface area contributed by atoms with Crippen molar-refractivity contribution in [3.63, 3.8) is 0 Å². The first-order chi connectivity index (χ1) is 8.91. The number of nitrogen functional groups attached to an aromatic ring is 1. The van der Waals surface area contributed by atoms with Crippen LogP contribution in [0.2, 0.25) is 0 Å². The maximum atomic E-state index is 13.1. The number of thiophene rings is 1. The van der Waals surface area contributed by atoms with E-state index in [-0.39, 0.29) is 17.1 Å². The first kappa shape index (κ1) is 14.0. The molecule has 0 spiro atoms. The van der Waals surface area contributed by atoms with E-state index in [0.29, 0.717) is 0 Å². The van der Waals surface area contributed by atoms with Crippen molar-refractivity contribution in [1.29, 1.82) is 0 Å². The number of hydrogen-bond acceptors (Lipinski definition) is 4. The lowest BCUT2D eigenvalue weighted by Gasteiger charge is -2.16. The maximum absolute atomic E-state index is 13.1. The van der Waals surface area contributed by atoms with E-state index in [0.717, 1.165) is 17.7 Å². The summed E-state index contributed by atoms with van der Waals surface area (Å²) in [5.74, 6) is -0.626. The topological polar surface area (TPSA) is 63.4 Å². The molecular weight excluding hydrogens is 287 g/mol. The fourth-order valence-corrected chi connectivity index (χ4v) is 3.44. The Morgan fingerprint density at radius 2 is 2.11 bits per heavy atom. The van der Waals surface area contributed by atoms with Crippen molar-refractivity contribution in [2.75, 3.05) is 12.8 Å². The molecule has 0 atom stereocenters. The molecule has 4 nitrogen and oxygen atoms in total. The summed E-state index contributed by atoms with van der Waals surface area (Å²) in [5, 5.41) is 3.76. The average molecular weight is 300 g/mol. The lowest BCUT2D eigenvalue weighted by atomic mass is 10.3. The van der Waals surface area contributed by atoms with Crippen LogP contribution in [0, 0.1) is 5.82 Å². The highest BCUT2D eigenvalue weighted by Gasteiger charge is 2.21. The zero-order chi connectivity index (χ0) is 14.0. The summed E-state index contributed by atoms with van der Waals surface area (Å²) >= 11 is 1.50. The van der Waals surface area contributed by atoms with Crippen LogP contribution in [0.15, 0.2) is 39.9 Å². The van der Waals surface area contributed by atoms with E-state index >= 15 is 0 Å². The molecule has 0 radical (unpaired) electrons. The molecule has 0 aliphatic carbocycles. The molecule has 0 bridgehead atoms. The van der Waals surface area contributed by atoms with Crippen molar-refractivity contribution in [3.05, 3.63) is 46.4 Å². The minimum atomic E-state index is -3.66. The quantitative estimate of drug-likeness (QED) is 0.881. The van der Waals surface area contributed by atoms with Gasteiger partial charge in [-0.1, -0.05) is 0 Å². The molecular formula is C12H13FN2O2S2. The van der Waals surface area contributed by atoms with Crippen LogP contribution in [0.5, 0.6) is 0 Å². The Balaban J connectivity index is 2.28. The summed E-state index contributed by atoms with van der Waals surface area (Å²) in [6.07, 6.45) is 0. The van der Waals surface area contributed by atoms with Gasteiger partial charge in [-0.3, -0.25) is 0 Å². The molecule has 2 aromatic rings. The van der Waals surface area contributed by atoms with E-state index < -0.39 is 15.8 Å². The predicted molar refractivity (Wildman–Crippen MR) is 73.8 cm³/mol. The van der Waals surface area contributed by atoms with Crippen LogP contribution in [-0.2, 0) is 16.6 Å². The number of benzene rings is 1. The molecule has 0 saturated heterocycles. The SMILES string of the molecule is CN(Cc1ccsc1)S(=O)(=O)c1ccc(F)c(N)c1. The summed E-state index contributed by atoms with van der Waals surface area (Å²) in [5.41, 5.74) is 6.13. The van der Waals surface area contributed by atoms with Gasteiger partial charge in [0.2, 0.25) is 10.0 Å². The van der Waals surface area contributed by atoms with Gasteiger partial charge in [0.05, 0.1) is 10.6 Å². The Bertz CT molecular complexity index is 669. The largest absolute Gasteiger partial charge is 0.396 e. The number of sulfonamides is 1. The molecule has 1 aromatic heterocycles. The van der Waals surface area contributed by atoms with Crippen LogP contribution in [-0.4, -0.2) is 19.8 Å². The second kappa shape index (κ2) is 5.28. The molecule has 102 valence electrons. The fourth-order valence-electron chi connectivity index (χ4n) is 1.59. The van der Waals surface area contributed by atoms with Crippen LogP contribution in [0.3, 0.4) is 0 Å². The van der Waals surface area contributed by atoms with Gasteiger partial charge >= 0.3 is 0 Å². The molecule has 0 amide bonds. The highest BCUT2D eigenvalue weighted by molar-refractivity contribution is 7.89. The molecule has 0 saturated carbocycles. The van der Waals surface area contributed by atoms with Gasteiger partial charge in [-0.25, -0.2) is 12.8 Å². The van der Waals surface area contributed by atoms with Crippen molar-refractivity contribution < 1.29 is 12.8 Å². The van der Waals surface area contributed by atoms with Crippen LogP contribution in [0.1, 0.15) is 5.56 Å². The minimum Gasteiger partial charge on any atom is -0.396 e. The monoisotopic (exact) mass is 300 g/mol. The lowest BCUT2D eigenvalue weighted by Crippen LogP contribution is -2.26. The average Bonchev–Trinajstić information content (AvgIpc) is 2.85. The van der Waals surface area contributed by atoms with Crippen LogP contribution in [0.25, 0.3) is 0 Å². The van der Waals surface area contributed by atoms with E-state index in [1.807, 2.05) is 16.8 Å². The highest BCUT2D eigenvalue weighted by Crippen LogP contribution is 2.21. The number of halogens is 1. The Morgan fingerprint density at radius 1 is 1.37 bits per heavy atom. The summed E-state index contributed by atoms with van der Waals surface area (Å²) in [6, 6.07) is 5.26. The Labute approximate surface area is 115 Å². The van der Waals surface area contributed by atoms with E-state index in [9.17, 15) is 12.8 Å². The molecule has 1 heterocycles. The van der Waals surface area contributed by atoms with Gasteiger partial charge in [-0.2, -0.15) is 15.6 Å². The summed E-state index contributed by atoms with van der Waals surface area (Å²) < 4.78 is 38.8. The van der Waals surface area contributed by atoms with E-state index in [1.54, 1.807) is 0 Å². The van der Waals surface area contributed by atoms with E-state index in [1.165, 1.54) is 28.8 Å². The number of anilines is 1. The van der Waals surface area contributed by atoms with Gasteiger partial charge in [0.1, 0.15) is 5.82 Å². The molecule has 1 aromatic carbocycles. The molecule has 0 fully saturated rings. The number of rotatable bonds is 4. The van der Waals surface area contributed by atoms with E-state index in [2.05, 4.69) is 0 Å². The number of nitrogens with zero attached hydrogens (tertiary/aromatic N) is 1. The standard InChI is InChI=1S/C12H13FN2O2S2/c1-15(7-9-4-5-18-8-9)19(16,17)10-2-3-11(13)12(14)6-10/h2-6,8H,7,14H2,1H3. The Kier molecular flexibility index (Phi) is 3.88. The molecule has 7 heteroatoms. The van der Waals surface area contributed by atoms with E-state index in [4.69, 9.17) is 5.73 Å².